The molecule has 2 aliphatic rings. The Bertz CT molecular complexity index is 1810. The topological polar surface area (TPSA) is 135 Å². The normalized spacial score (nSPS) is 16.1. The number of ether oxygens (including phenoxy) is 1. The number of amides is 2. The first-order chi connectivity index (χ1) is 19.6. The summed E-state index contributed by atoms with van der Waals surface area (Å²) in [6, 6.07) is 13.5. The standard InChI is InChI=1S/C28H27ClN6O5S/c1-17-7-8-22(29)23(13-17)32-25-20(14-30-26-24(15-31-35(25)26)41(38,39)33-18(2)36)27(37)34-11-9-28(10-12-34)21-6-4-3-5-19(21)16-40-28/h3-8,13-15,32H,9-12,16H2,1-2H3,(H,33,36). The first kappa shape index (κ1) is 27.2. The van der Waals surface area contributed by atoms with Crippen molar-refractivity contribution in [3.8, 4) is 0 Å². The van der Waals surface area contributed by atoms with Crippen LogP contribution in [0.2, 0.25) is 5.02 Å². The maximum atomic E-state index is 14.0. The van der Waals surface area contributed by atoms with Gasteiger partial charge in [0.2, 0.25) is 5.91 Å². The zero-order chi connectivity index (χ0) is 28.9. The van der Waals surface area contributed by atoms with Gasteiger partial charge in [0.05, 0.1) is 29.1 Å². The van der Waals surface area contributed by atoms with Gasteiger partial charge in [-0.1, -0.05) is 41.9 Å². The fraction of sp³-hybridized carbons (Fsp3) is 0.286. The van der Waals surface area contributed by atoms with Crippen LogP contribution in [-0.2, 0) is 31.8 Å². The van der Waals surface area contributed by atoms with Gasteiger partial charge in [-0.3, -0.25) is 9.59 Å². The molecule has 4 heterocycles. The molecule has 2 amide bonds. The second-order valence-electron chi connectivity index (χ2n) is 10.3. The number of aromatic nitrogens is 3. The van der Waals surface area contributed by atoms with E-state index < -0.39 is 21.5 Å². The van der Waals surface area contributed by atoms with Crippen LogP contribution in [0.3, 0.4) is 0 Å². The Morgan fingerprint density at radius 2 is 1.85 bits per heavy atom. The zero-order valence-corrected chi connectivity index (χ0v) is 23.9. The van der Waals surface area contributed by atoms with Crippen molar-refractivity contribution >= 4 is 50.6 Å². The molecule has 0 aliphatic carbocycles. The van der Waals surface area contributed by atoms with Gasteiger partial charge < -0.3 is 15.0 Å². The molecule has 0 saturated carbocycles. The summed E-state index contributed by atoms with van der Waals surface area (Å²) < 4.78 is 35.0. The van der Waals surface area contributed by atoms with Crippen LogP contribution in [0.5, 0.6) is 0 Å². The molecular formula is C28H27ClN6O5S. The van der Waals surface area contributed by atoms with Crippen molar-refractivity contribution in [3.05, 3.63) is 82.1 Å². The molecule has 6 rings (SSSR count). The molecule has 2 aromatic heterocycles. The summed E-state index contributed by atoms with van der Waals surface area (Å²) in [6.07, 6.45) is 3.69. The molecule has 1 spiro atoms. The molecule has 0 radical (unpaired) electrons. The van der Waals surface area contributed by atoms with E-state index in [0.29, 0.717) is 43.2 Å². The highest BCUT2D eigenvalue weighted by molar-refractivity contribution is 7.90. The lowest BCUT2D eigenvalue weighted by Crippen LogP contribution is -2.45. The Labute approximate surface area is 241 Å². The molecule has 13 heteroatoms. The number of halogens is 1. The largest absolute Gasteiger partial charge is 0.365 e. The number of nitrogens with one attached hydrogen (secondary N) is 2. The molecule has 2 N–H and O–H groups in total. The summed E-state index contributed by atoms with van der Waals surface area (Å²) >= 11 is 6.46. The maximum absolute atomic E-state index is 14.0. The van der Waals surface area contributed by atoms with Crippen molar-refractivity contribution in [1.82, 2.24) is 24.2 Å². The molecule has 0 bridgehead atoms. The molecule has 1 fully saturated rings. The summed E-state index contributed by atoms with van der Waals surface area (Å²) in [5.41, 5.74) is 3.48. The van der Waals surface area contributed by atoms with Crippen molar-refractivity contribution in [1.29, 1.82) is 0 Å². The Hall–Kier alpha value is -4.00. The summed E-state index contributed by atoms with van der Waals surface area (Å²) in [5.74, 6) is -0.856. The van der Waals surface area contributed by atoms with Crippen LogP contribution < -0.4 is 10.0 Å². The van der Waals surface area contributed by atoms with Gasteiger partial charge in [0.15, 0.2) is 10.5 Å². The lowest BCUT2D eigenvalue weighted by molar-refractivity contribution is -0.117. The Kier molecular flexibility index (Phi) is 6.71. The number of fused-ring (bicyclic) bond motifs is 3. The summed E-state index contributed by atoms with van der Waals surface area (Å²) in [5, 5.41) is 7.82. The lowest BCUT2D eigenvalue weighted by Gasteiger charge is -2.39. The second kappa shape index (κ2) is 10.1. The molecule has 1 saturated heterocycles. The van der Waals surface area contributed by atoms with Crippen molar-refractivity contribution in [2.45, 2.75) is 43.8 Å². The minimum atomic E-state index is -4.25. The zero-order valence-electron chi connectivity index (χ0n) is 22.3. The van der Waals surface area contributed by atoms with Gasteiger partial charge in [-0.25, -0.2) is 18.1 Å². The summed E-state index contributed by atoms with van der Waals surface area (Å²) in [4.78, 5) is 31.2. The molecule has 212 valence electrons. The van der Waals surface area contributed by atoms with E-state index in [1.165, 1.54) is 21.8 Å². The molecule has 41 heavy (non-hydrogen) atoms. The summed E-state index contributed by atoms with van der Waals surface area (Å²) in [7, 11) is -4.25. The van der Waals surface area contributed by atoms with Crippen molar-refractivity contribution < 1.29 is 22.7 Å². The number of piperidine rings is 1. The molecule has 0 atom stereocenters. The van der Waals surface area contributed by atoms with E-state index in [1.54, 1.807) is 17.0 Å². The smallest absolute Gasteiger partial charge is 0.269 e. The number of hydrogen-bond acceptors (Lipinski definition) is 8. The van der Waals surface area contributed by atoms with Gasteiger partial charge in [0.1, 0.15) is 11.4 Å². The van der Waals surface area contributed by atoms with Gasteiger partial charge in [-0.15, -0.1) is 0 Å². The van der Waals surface area contributed by atoms with Crippen LogP contribution in [0.25, 0.3) is 5.65 Å². The number of sulfonamides is 1. The van der Waals surface area contributed by atoms with Crippen molar-refractivity contribution in [2.24, 2.45) is 0 Å². The van der Waals surface area contributed by atoms with Crippen molar-refractivity contribution in [2.75, 3.05) is 18.4 Å². The van der Waals surface area contributed by atoms with Gasteiger partial charge >= 0.3 is 0 Å². The Balaban J connectivity index is 1.38. The number of aryl methyl sites for hydroxylation is 1. The number of anilines is 2. The first-order valence-electron chi connectivity index (χ1n) is 13.0. The average molecular weight is 595 g/mol. The molecule has 2 aromatic carbocycles. The highest BCUT2D eigenvalue weighted by Gasteiger charge is 2.43. The van der Waals surface area contributed by atoms with E-state index in [2.05, 4.69) is 27.5 Å². The summed E-state index contributed by atoms with van der Waals surface area (Å²) in [6.45, 7) is 4.46. The number of hydrogen-bond donors (Lipinski definition) is 2. The maximum Gasteiger partial charge on any atom is 0.269 e. The molecule has 4 aromatic rings. The highest BCUT2D eigenvalue weighted by Crippen LogP contribution is 2.44. The second-order valence-corrected chi connectivity index (χ2v) is 12.3. The van der Waals surface area contributed by atoms with E-state index in [-0.39, 0.29) is 27.8 Å². The fourth-order valence-corrected chi connectivity index (χ4v) is 6.74. The monoisotopic (exact) mass is 594 g/mol. The average Bonchev–Trinajstić information content (AvgIpc) is 3.54. The quantitative estimate of drug-likeness (QED) is 0.355. The predicted octanol–water partition coefficient (Wildman–Crippen LogP) is 3.92. The van der Waals surface area contributed by atoms with Gasteiger partial charge in [-0.05, 0) is 48.6 Å². The molecule has 0 unspecified atom stereocenters. The SMILES string of the molecule is CC(=O)NS(=O)(=O)c1cnn2c(Nc3cc(C)ccc3Cl)c(C(=O)N3CCC4(CC3)OCc3ccccc34)cnc12. The van der Waals surface area contributed by atoms with E-state index in [1.807, 2.05) is 29.8 Å². The van der Waals surface area contributed by atoms with Crippen molar-refractivity contribution in [3.63, 3.8) is 0 Å². The van der Waals surface area contributed by atoms with Gasteiger partial charge in [0, 0.05) is 26.2 Å². The van der Waals surface area contributed by atoms with Gasteiger partial charge in [-0.2, -0.15) is 9.61 Å². The Morgan fingerprint density at radius 3 is 2.61 bits per heavy atom. The third-order valence-electron chi connectivity index (χ3n) is 7.54. The molecule has 2 aliphatic heterocycles. The minimum Gasteiger partial charge on any atom is -0.365 e. The van der Waals surface area contributed by atoms with E-state index >= 15 is 0 Å². The van der Waals surface area contributed by atoms with E-state index in [4.69, 9.17) is 16.3 Å². The lowest BCUT2D eigenvalue weighted by atomic mass is 9.83. The number of benzene rings is 2. The number of carbonyl (C=O) groups is 2. The third kappa shape index (κ3) is 4.81. The van der Waals surface area contributed by atoms with Crippen LogP contribution in [0, 0.1) is 6.92 Å². The van der Waals surface area contributed by atoms with Crippen LogP contribution in [0.1, 0.15) is 46.8 Å². The number of carbonyl (C=O) groups excluding carboxylic acids is 2. The van der Waals surface area contributed by atoms with Crippen LogP contribution in [0.15, 0.2) is 59.8 Å². The third-order valence-corrected chi connectivity index (χ3v) is 9.29. The van der Waals surface area contributed by atoms with E-state index in [0.717, 1.165) is 18.7 Å². The van der Waals surface area contributed by atoms with E-state index in [9.17, 15) is 18.0 Å². The minimum absolute atomic E-state index is 0.0601. The number of rotatable bonds is 5. The first-order valence-corrected chi connectivity index (χ1v) is 14.9. The highest BCUT2D eigenvalue weighted by atomic mass is 35.5. The predicted molar refractivity (Wildman–Crippen MR) is 152 cm³/mol. The van der Waals surface area contributed by atoms with Crippen LogP contribution in [0.4, 0.5) is 11.5 Å². The number of likely N-dealkylation sites (tertiary alicyclic amines) is 1. The molecule has 11 nitrogen and oxygen atoms in total. The molecular weight excluding hydrogens is 568 g/mol. The van der Waals surface area contributed by atoms with Crippen LogP contribution in [-0.4, -0.2) is 52.8 Å². The Morgan fingerprint density at radius 1 is 1.10 bits per heavy atom. The fourth-order valence-electron chi connectivity index (χ4n) is 5.52. The van der Waals surface area contributed by atoms with Gasteiger partial charge in [0.25, 0.3) is 15.9 Å². The number of nitrogens with zero attached hydrogens (tertiary/aromatic N) is 4. The van der Waals surface area contributed by atoms with Crippen LogP contribution >= 0.6 is 11.6 Å².